The molecule has 64 valence electrons. The molecule has 4 bridgehead atoms. The Kier molecular flexibility index (Phi) is 2.15. The fourth-order valence-electron chi connectivity index (χ4n) is 3.68. The fraction of sp³-hybridized carbons (Fsp3) is 0.900. The summed E-state index contributed by atoms with van der Waals surface area (Å²) < 4.78 is 0. The first-order chi connectivity index (χ1) is 4.90. The van der Waals surface area contributed by atoms with Gasteiger partial charge in [-0.05, 0) is 0 Å². The van der Waals surface area contributed by atoms with E-state index in [0.29, 0.717) is 0 Å². The van der Waals surface area contributed by atoms with Crippen LogP contribution < -0.4 is 0 Å². The zero-order valence-electron chi connectivity index (χ0n) is 6.79. The van der Waals surface area contributed by atoms with E-state index in [2.05, 4.69) is 0 Å². The summed E-state index contributed by atoms with van der Waals surface area (Å²) in [6.07, 6.45) is 9.31. The average Bonchev–Trinajstić information content (AvgIpc) is 1.82. The first kappa shape index (κ1) is 8.27. The molecule has 0 spiro atoms. The van der Waals surface area contributed by atoms with Crippen molar-refractivity contribution in [1.29, 1.82) is 0 Å². The maximum atomic E-state index is 1.93. The fourth-order valence-corrected chi connectivity index (χ4v) is 3.68. The first-order valence-corrected chi connectivity index (χ1v) is 4.73. The molecule has 0 aromatic carbocycles. The van der Waals surface area contributed by atoms with E-state index in [4.69, 9.17) is 0 Å². The van der Waals surface area contributed by atoms with Crippen LogP contribution in [0.5, 0.6) is 0 Å². The second kappa shape index (κ2) is 2.86. The molecule has 1 heteroatoms. The summed E-state index contributed by atoms with van der Waals surface area (Å²) in [6, 6.07) is 0. The SMILES string of the molecule is C1[C-]2CC3CC1CC(C2)C3.[Pd+2]. The van der Waals surface area contributed by atoms with Crippen LogP contribution in [0.2, 0.25) is 0 Å². The van der Waals surface area contributed by atoms with Gasteiger partial charge in [-0.3, -0.25) is 0 Å². The molecule has 0 atom stereocenters. The van der Waals surface area contributed by atoms with Crippen molar-refractivity contribution in [2.75, 3.05) is 0 Å². The van der Waals surface area contributed by atoms with E-state index in [1.165, 1.54) is 19.3 Å². The Balaban J connectivity index is 0.000000480. The van der Waals surface area contributed by atoms with E-state index in [1.54, 1.807) is 19.3 Å². The molecule has 0 aliphatic heterocycles. The average molecular weight is 242 g/mol. The van der Waals surface area contributed by atoms with E-state index in [9.17, 15) is 0 Å². The van der Waals surface area contributed by atoms with Gasteiger partial charge in [0, 0.05) is 0 Å². The molecule has 0 aromatic heterocycles. The molecule has 0 N–H and O–H groups in total. The molecule has 4 aliphatic carbocycles. The predicted molar refractivity (Wildman–Crippen MR) is 41.4 cm³/mol. The maximum Gasteiger partial charge on any atom is 2.00 e. The normalized spacial score (nSPS) is 47.5. The molecule has 0 nitrogen and oxygen atoms in total. The van der Waals surface area contributed by atoms with Gasteiger partial charge in [0.2, 0.25) is 0 Å². The van der Waals surface area contributed by atoms with E-state index in [1.807, 2.05) is 5.92 Å². The molecule has 4 saturated carbocycles. The topological polar surface area (TPSA) is 0 Å². The summed E-state index contributed by atoms with van der Waals surface area (Å²) in [5, 5.41) is 0. The number of hydrogen-bond donors (Lipinski definition) is 0. The Morgan fingerprint density at radius 1 is 0.727 bits per heavy atom. The number of rotatable bonds is 0. The number of hydrogen-bond acceptors (Lipinski definition) is 0. The quantitative estimate of drug-likeness (QED) is 0.452. The van der Waals surface area contributed by atoms with E-state index >= 15 is 0 Å². The smallest absolute Gasteiger partial charge is 0.313 e. The van der Waals surface area contributed by atoms with Crippen LogP contribution in [-0.4, -0.2) is 0 Å². The van der Waals surface area contributed by atoms with Crippen LogP contribution in [0.25, 0.3) is 0 Å². The molecular weight excluding hydrogens is 227 g/mol. The third kappa shape index (κ3) is 1.32. The van der Waals surface area contributed by atoms with Gasteiger partial charge in [0.05, 0.1) is 0 Å². The second-order valence-electron chi connectivity index (χ2n) is 4.67. The van der Waals surface area contributed by atoms with Crippen molar-refractivity contribution >= 4 is 0 Å². The molecule has 0 unspecified atom stereocenters. The summed E-state index contributed by atoms with van der Waals surface area (Å²) in [4.78, 5) is 0. The Morgan fingerprint density at radius 3 is 1.36 bits per heavy atom. The van der Waals surface area contributed by atoms with E-state index < -0.39 is 0 Å². The molecule has 0 aromatic rings. The van der Waals surface area contributed by atoms with Gasteiger partial charge in [0.15, 0.2) is 0 Å². The van der Waals surface area contributed by atoms with Gasteiger partial charge in [0.25, 0.3) is 0 Å². The van der Waals surface area contributed by atoms with Crippen molar-refractivity contribution in [3.63, 3.8) is 0 Å². The van der Waals surface area contributed by atoms with E-state index in [0.717, 1.165) is 17.8 Å². The minimum atomic E-state index is 0. The molecule has 0 saturated heterocycles. The van der Waals surface area contributed by atoms with Gasteiger partial charge in [-0.2, -0.15) is 19.3 Å². The van der Waals surface area contributed by atoms with Crippen LogP contribution in [0.1, 0.15) is 38.5 Å². The summed E-state index contributed by atoms with van der Waals surface area (Å²) in [6.45, 7) is 0. The minimum Gasteiger partial charge on any atom is -0.313 e. The van der Waals surface area contributed by atoms with Crippen molar-refractivity contribution in [2.24, 2.45) is 17.8 Å². The van der Waals surface area contributed by atoms with Gasteiger partial charge in [-0.25, -0.2) is 0 Å². The molecule has 11 heavy (non-hydrogen) atoms. The van der Waals surface area contributed by atoms with Crippen LogP contribution in [0.15, 0.2) is 0 Å². The van der Waals surface area contributed by atoms with Crippen molar-refractivity contribution in [3.8, 4) is 0 Å². The Hall–Kier alpha value is 0.662. The zero-order valence-corrected chi connectivity index (χ0v) is 8.35. The van der Waals surface area contributed by atoms with Crippen molar-refractivity contribution < 1.29 is 20.4 Å². The zero-order chi connectivity index (χ0) is 6.55. The molecule has 0 amide bonds. The Labute approximate surface area is 82.8 Å². The van der Waals surface area contributed by atoms with Crippen molar-refractivity contribution in [2.45, 2.75) is 38.5 Å². The van der Waals surface area contributed by atoms with E-state index in [-0.39, 0.29) is 20.4 Å². The summed E-state index contributed by atoms with van der Waals surface area (Å²) in [5.41, 5.74) is 0. The summed E-state index contributed by atoms with van der Waals surface area (Å²) >= 11 is 0. The second-order valence-corrected chi connectivity index (χ2v) is 4.67. The Morgan fingerprint density at radius 2 is 1.09 bits per heavy atom. The van der Waals surface area contributed by atoms with Gasteiger partial charge < -0.3 is 5.92 Å². The third-order valence-electron chi connectivity index (χ3n) is 3.73. The van der Waals surface area contributed by atoms with Crippen LogP contribution >= 0.6 is 0 Å². The van der Waals surface area contributed by atoms with Gasteiger partial charge >= 0.3 is 20.4 Å². The molecule has 4 rings (SSSR count). The standard InChI is InChI=1S/C10H15.Pd/c1-7-2-9-4-8(1)5-10(3-7)6-9;/h7-9H,1-6H2;/q-1;+2. The molecule has 4 fully saturated rings. The first-order valence-electron chi connectivity index (χ1n) is 4.73. The molecule has 0 heterocycles. The Bertz CT molecular complexity index is 96.4. The predicted octanol–water partition coefficient (Wildman–Crippen LogP) is 2.79. The summed E-state index contributed by atoms with van der Waals surface area (Å²) in [7, 11) is 0. The molecule has 0 radical (unpaired) electrons. The van der Waals surface area contributed by atoms with Crippen LogP contribution in [-0.2, 0) is 20.4 Å². The maximum absolute atomic E-state index is 1.93. The third-order valence-corrected chi connectivity index (χ3v) is 3.73. The van der Waals surface area contributed by atoms with Gasteiger partial charge in [0.1, 0.15) is 0 Å². The largest absolute Gasteiger partial charge is 2.00 e. The minimum absolute atomic E-state index is 0. The van der Waals surface area contributed by atoms with Crippen LogP contribution in [0.3, 0.4) is 0 Å². The van der Waals surface area contributed by atoms with Crippen LogP contribution in [0.4, 0.5) is 0 Å². The van der Waals surface area contributed by atoms with Gasteiger partial charge in [-0.15, -0.1) is 0 Å². The molecular formula is C10H15Pd+. The van der Waals surface area contributed by atoms with Crippen molar-refractivity contribution in [3.05, 3.63) is 5.92 Å². The van der Waals surface area contributed by atoms with Crippen molar-refractivity contribution in [1.82, 2.24) is 0 Å². The summed E-state index contributed by atoms with van der Waals surface area (Å²) in [5.74, 6) is 5.35. The van der Waals surface area contributed by atoms with Crippen LogP contribution in [0, 0.1) is 23.7 Å². The monoisotopic (exact) mass is 241 g/mol. The van der Waals surface area contributed by atoms with Gasteiger partial charge in [-0.1, -0.05) is 37.0 Å². The molecule has 4 aliphatic rings.